The molecule has 0 spiro atoms. The molecule has 164 valence electrons. The molecule has 0 saturated carbocycles. The molecule has 0 aliphatic rings. The fourth-order valence-electron chi connectivity index (χ4n) is 3.73. The van der Waals surface area contributed by atoms with Gasteiger partial charge >= 0.3 is 5.69 Å². The average molecular weight is 448 g/mol. The van der Waals surface area contributed by atoms with Crippen LogP contribution in [-0.4, -0.2) is 15.0 Å². The number of carbonyl (C=O) groups excluding carboxylic acids is 1. The van der Waals surface area contributed by atoms with Crippen LogP contribution in [0.3, 0.4) is 0 Å². The first kappa shape index (κ1) is 21.8. The van der Waals surface area contributed by atoms with Crippen LogP contribution >= 0.6 is 11.3 Å². The number of anilines is 1. The lowest BCUT2D eigenvalue weighted by molar-refractivity contribution is -0.116. The van der Waals surface area contributed by atoms with Crippen LogP contribution in [0.4, 0.5) is 5.69 Å². The third-order valence-electron chi connectivity index (χ3n) is 5.50. The summed E-state index contributed by atoms with van der Waals surface area (Å²) in [4.78, 5) is 39.5. The van der Waals surface area contributed by atoms with E-state index in [2.05, 4.69) is 19.2 Å². The summed E-state index contributed by atoms with van der Waals surface area (Å²) in [5.74, 6) is 0.00713. The summed E-state index contributed by atoms with van der Waals surface area (Å²) < 4.78 is 2.99. The Bertz CT molecular complexity index is 1440. The van der Waals surface area contributed by atoms with Crippen molar-refractivity contribution in [3.8, 4) is 5.69 Å². The molecule has 1 N–H and O–H groups in total. The number of thiophene rings is 1. The van der Waals surface area contributed by atoms with Crippen LogP contribution in [0.1, 0.15) is 36.5 Å². The minimum absolute atomic E-state index is 0.191. The van der Waals surface area contributed by atoms with Crippen LogP contribution in [0.15, 0.2) is 63.5 Å². The highest BCUT2D eigenvalue weighted by Gasteiger charge is 2.19. The fourth-order valence-corrected chi connectivity index (χ4v) is 4.56. The number of amides is 1. The van der Waals surface area contributed by atoms with Crippen LogP contribution in [0.25, 0.3) is 15.9 Å². The van der Waals surface area contributed by atoms with Crippen LogP contribution in [0.5, 0.6) is 0 Å². The Balaban J connectivity index is 1.78. The van der Waals surface area contributed by atoms with Gasteiger partial charge in [0, 0.05) is 5.69 Å². The van der Waals surface area contributed by atoms with Crippen molar-refractivity contribution < 1.29 is 4.79 Å². The molecule has 2 heterocycles. The Kier molecular flexibility index (Phi) is 5.84. The number of hydrogen-bond donors (Lipinski definition) is 1. The van der Waals surface area contributed by atoms with Gasteiger partial charge in [0.25, 0.3) is 5.56 Å². The van der Waals surface area contributed by atoms with Crippen molar-refractivity contribution in [2.45, 2.75) is 40.2 Å². The number of rotatable bonds is 5. The van der Waals surface area contributed by atoms with Gasteiger partial charge in [0.15, 0.2) is 0 Å². The molecule has 2 aromatic carbocycles. The Hall–Kier alpha value is -3.45. The Morgan fingerprint density at radius 1 is 1.06 bits per heavy atom. The monoisotopic (exact) mass is 447 g/mol. The first-order chi connectivity index (χ1) is 15.3. The molecule has 4 rings (SSSR count). The Labute approximate surface area is 189 Å². The van der Waals surface area contributed by atoms with Crippen molar-refractivity contribution in [2.75, 3.05) is 5.32 Å². The number of nitrogens with one attached hydrogen (secondary N) is 1. The normalized spacial score (nSPS) is 11.3. The van der Waals surface area contributed by atoms with Gasteiger partial charge in [-0.05, 0) is 66.1 Å². The molecule has 0 atom stereocenters. The number of nitrogens with zero attached hydrogens (tertiary/aromatic N) is 2. The van der Waals surface area contributed by atoms with Gasteiger partial charge in [-0.3, -0.25) is 14.2 Å². The van der Waals surface area contributed by atoms with Crippen LogP contribution in [0.2, 0.25) is 0 Å². The second-order valence-corrected chi connectivity index (χ2v) is 9.18. The van der Waals surface area contributed by atoms with Crippen molar-refractivity contribution in [3.05, 3.63) is 91.4 Å². The minimum atomic E-state index is -0.527. The number of hydrogen-bond acceptors (Lipinski definition) is 4. The predicted octanol–water partition coefficient (Wildman–Crippen LogP) is 4.59. The van der Waals surface area contributed by atoms with Crippen molar-refractivity contribution in [1.82, 2.24) is 9.13 Å². The van der Waals surface area contributed by atoms with E-state index in [9.17, 15) is 14.4 Å². The number of aryl methyl sites for hydroxylation is 2. The third-order valence-corrected chi connectivity index (χ3v) is 6.39. The van der Waals surface area contributed by atoms with Crippen molar-refractivity contribution >= 4 is 33.1 Å². The molecule has 0 unspecified atom stereocenters. The van der Waals surface area contributed by atoms with Gasteiger partial charge in [0.2, 0.25) is 5.91 Å². The molecule has 4 aromatic rings. The predicted molar refractivity (Wildman–Crippen MR) is 130 cm³/mol. The lowest BCUT2D eigenvalue weighted by Crippen LogP contribution is -2.40. The van der Waals surface area contributed by atoms with E-state index in [0.717, 1.165) is 16.7 Å². The molecule has 0 bridgehead atoms. The highest BCUT2D eigenvalue weighted by molar-refractivity contribution is 7.17. The highest BCUT2D eigenvalue weighted by Crippen LogP contribution is 2.20. The van der Waals surface area contributed by atoms with E-state index in [4.69, 9.17) is 0 Å². The zero-order chi connectivity index (χ0) is 23.0. The maximum atomic E-state index is 13.4. The first-order valence-corrected chi connectivity index (χ1v) is 11.3. The Morgan fingerprint density at radius 3 is 2.59 bits per heavy atom. The van der Waals surface area contributed by atoms with E-state index in [1.54, 1.807) is 11.4 Å². The second-order valence-electron chi connectivity index (χ2n) is 8.26. The quantitative estimate of drug-likeness (QED) is 0.486. The smallest absolute Gasteiger partial charge is 0.325 e. The van der Waals surface area contributed by atoms with Gasteiger partial charge in [-0.25, -0.2) is 9.36 Å². The number of fused-ring (bicyclic) bond motifs is 1. The summed E-state index contributed by atoms with van der Waals surface area (Å²) in [5.41, 5.74) is 3.66. The molecule has 6 nitrogen and oxygen atoms in total. The molecule has 7 heteroatoms. The lowest BCUT2D eigenvalue weighted by Gasteiger charge is -2.15. The molecule has 2 aromatic heterocycles. The van der Waals surface area contributed by atoms with Gasteiger partial charge in [-0.15, -0.1) is 11.3 Å². The molecule has 0 aliphatic carbocycles. The topological polar surface area (TPSA) is 73.1 Å². The molecule has 0 aliphatic heterocycles. The van der Waals surface area contributed by atoms with Crippen LogP contribution < -0.4 is 16.6 Å². The van der Waals surface area contributed by atoms with Crippen molar-refractivity contribution in [1.29, 1.82) is 0 Å². The van der Waals surface area contributed by atoms with Crippen LogP contribution in [-0.2, 0) is 11.3 Å². The standard InChI is InChI=1S/C25H25N3O3S/c1-15(2)18-6-5-7-19(13-18)26-22(29)14-27-20-10-11-32-23(20)24(30)28(25(27)31)21-12-16(3)8-9-17(21)4/h5-13,15H,14H2,1-4H3,(H,26,29). The van der Waals surface area contributed by atoms with Crippen LogP contribution in [0, 0.1) is 13.8 Å². The van der Waals surface area contributed by atoms with Crippen molar-refractivity contribution in [3.63, 3.8) is 0 Å². The number of carbonyl (C=O) groups is 1. The van der Waals surface area contributed by atoms with E-state index in [1.165, 1.54) is 20.5 Å². The maximum absolute atomic E-state index is 13.4. The van der Waals surface area contributed by atoms with E-state index in [-0.39, 0.29) is 18.0 Å². The molecule has 32 heavy (non-hydrogen) atoms. The first-order valence-electron chi connectivity index (χ1n) is 10.5. The average Bonchev–Trinajstić information content (AvgIpc) is 3.24. The molecule has 0 fully saturated rings. The third kappa shape index (κ3) is 4.03. The second kappa shape index (κ2) is 8.59. The molecular formula is C25H25N3O3S. The highest BCUT2D eigenvalue weighted by atomic mass is 32.1. The largest absolute Gasteiger partial charge is 0.336 e. The van der Waals surface area contributed by atoms with Gasteiger partial charge in [0.05, 0.1) is 11.2 Å². The Morgan fingerprint density at radius 2 is 1.84 bits per heavy atom. The van der Waals surface area contributed by atoms with E-state index >= 15 is 0 Å². The maximum Gasteiger partial charge on any atom is 0.336 e. The number of aromatic nitrogens is 2. The molecule has 0 saturated heterocycles. The summed E-state index contributed by atoms with van der Waals surface area (Å²) in [5, 5.41) is 4.64. The summed E-state index contributed by atoms with van der Waals surface area (Å²) in [6, 6.07) is 15.0. The summed E-state index contributed by atoms with van der Waals surface area (Å²) in [6.45, 7) is 7.75. The zero-order valence-electron chi connectivity index (χ0n) is 18.5. The van der Waals surface area contributed by atoms with E-state index in [1.807, 2.05) is 56.3 Å². The van der Waals surface area contributed by atoms with Crippen molar-refractivity contribution in [2.24, 2.45) is 0 Å². The zero-order valence-corrected chi connectivity index (χ0v) is 19.3. The minimum Gasteiger partial charge on any atom is -0.325 e. The molecule has 1 amide bonds. The number of benzene rings is 2. The molecular weight excluding hydrogens is 422 g/mol. The van der Waals surface area contributed by atoms with E-state index in [0.29, 0.717) is 27.5 Å². The van der Waals surface area contributed by atoms with E-state index < -0.39 is 5.69 Å². The van der Waals surface area contributed by atoms with Gasteiger partial charge in [-0.1, -0.05) is 38.1 Å². The summed E-state index contributed by atoms with van der Waals surface area (Å²) in [6.07, 6.45) is 0. The van der Waals surface area contributed by atoms with Gasteiger partial charge in [0.1, 0.15) is 11.2 Å². The van der Waals surface area contributed by atoms with Gasteiger partial charge in [-0.2, -0.15) is 0 Å². The summed E-state index contributed by atoms with van der Waals surface area (Å²) in [7, 11) is 0. The van der Waals surface area contributed by atoms with Gasteiger partial charge < -0.3 is 5.32 Å². The SMILES string of the molecule is Cc1ccc(C)c(-n2c(=O)c3sccc3n(CC(=O)Nc3cccc(C(C)C)c3)c2=O)c1. The lowest BCUT2D eigenvalue weighted by atomic mass is 10.0. The molecule has 0 radical (unpaired) electrons. The summed E-state index contributed by atoms with van der Waals surface area (Å²) >= 11 is 1.27. The fraction of sp³-hybridized carbons (Fsp3) is 0.240.